The van der Waals surface area contributed by atoms with Gasteiger partial charge in [-0.05, 0) is 25.0 Å². The van der Waals surface area contributed by atoms with E-state index in [4.69, 9.17) is 14.2 Å². The third kappa shape index (κ3) is 4.46. The zero-order chi connectivity index (χ0) is 23.8. The highest BCUT2D eigenvalue weighted by atomic mass is 16.7. The van der Waals surface area contributed by atoms with Gasteiger partial charge in [0.2, 0.25) is 11.8 Å². The summed E-state index contributed by atoms with van der Waals surface area (Å²) in [6.07, 6.45) is -0.341. The molecule has 0 bridgehead atoms. The molecule has 3 aliphatic rings. The molecular formula is C26H31N3O5. The Morgan fingerprint density at radius 2 is 1.32 bits per heavy atom. The zero-order valence-electron chi connectivity index (χ0n) is 19.5. The fourth-order valence-corrected chi connectivity index (χ4v) is 5.03. The monoisotopic (exact) mass is 465 g/mol. The summed E-state index contributed by atoms with van der Waals surface area (Å²) < 4.78 is 18.8. The number of ether oxygens (including phenoxy) is 3. The minimum absolute atomic E-state index is 0.0650. The van der Waals surface area contributed by atoms with Gasteiger partial charge in [0.1, 0.15) is 29.9 Å². The number of carbonyl (C=O) groups is 2. The number of benzene rings is 2. The van der Waals surface area contributed by atoms with Crippen LogP contribution in [-0.4, -0.2) is 66.3 Å². The highest BCUT2D eigenvalue weighted by Gasteiger charge is 2.67. The van der Waals surface area contributed by atoms with Gasteiger partial charge in [0, 0.05) is 0 Å². The molecule has 2 N–H and O–H groups in total. The standard InChI is InChI=1S/C26H31N3O5/c1-25(16-27-20(30)13-18-9-5-3-6-10-18)23-29-22(15-32-23)33-26(2,24(29)34-25)17-28-21(31)14-19-11-7-4-8-12-19/h3-12,22-24H,13-17H2,1-2H3,(H,27,30)(H,28,31)/t22-,23-,24-,25+,26+/m0/s1. The molecule has 0 radical (unpaired) electrons. The molecule has 34 heavy (non-hydrogen) atoms. The van der Waals surface area contributed by atoms with Gasteiger partial charge in [0.25, 0.3) is 0 Å². The summed E-state index contributed by atoms with van der Waals surface area (Å²) in [6.45, 7) is 4.97. The Balaban J connectivity index is 1.20. The molecule has 5 rings (SSSR count). The topological polar surface area (TPSA) is 89.1 Å². The molecule has 180 valence electrons. The van der Waals surface area contributed by atoms with Crippen LogP contribution >= 0.6 is 0 Å². The fraction of sp³-hybridized carbons (Fsp3) is 0.462. The van der Waals surface area contributed by atoms with Crippen molar-refractivity contribution in [2.45, 2.75) is 56.6 Å². The SMILES string of the molecule is C[C@]1(CNC(=O)Cc2ccccc2)O[C@H]2CO[C@@H]3N2[C@H]1O[C@]3(C)CNC(=O)Cc1ccccc1. The first-order valence-electron chi connectivity index (χ1n) is 11.7. The van der Waals surface area contributed by atoms with E-state index >= 15 is 0 Å². The second-order valence-corrected chi connectivity index (χ2v) is 9.68. The number of nitrogens with zero attached hydrogens (tertiary/aromatic N) is 1. The smallest absolute Gasteiger partial charge is 0.224 e. The number of nitrogens with one attached hydrogen (secondary N) is 2. The molecule has 0 aliphatic carbocycles. The Hall–Kier alpha value is -2.78. The first kappa shape index (κ1) is 23.0. The van der Waals surface area contributed by atoms with Crippen molar-refractivity contribution in [2.75, 3.05) is 19.7 Å². The Bertz CT molecular complexity index is 978. The summed E-state index contributed by atoms with van der Waals surface area (Å²) in [5.41, 5.74) is 0.459. The van der Waals surface area contributed by atoms with E-state index in [2.05, 4.69) is 15.5 Å². The second kappa shape index (κ2) is 9.11. The number of hydrogen-bond donors (Lipinski definition) is 2. The van der Waals surface area contributed by atoms with Gasteiger partial charge in [-0.1, -0.05) is 60.7 Å². The van der Waals surface area contributed by atoms with Gasteiger partial charge in [0.15, 0.2) is 0 Å². The summed E-state index contributed by atoms with van der Waals surface area (Å²) in [5.74, 6) is -0.130. The molecule has 0 aromatic heterocycles. The van der Waals surface area contributed by atoms with Gasteiger partial charge in [0.05, 0.1) is 32.5 Å². The van der Waals surface area contributed by atoms with E-state index in [1.165, 1.54) is 0 Å². The van der Waals surface area contributed by atoms with Gasteiger partial charge in [-0.3, -0.25) is 9.59 Å². The predicted molar refractivity (Wildman–Crippen MR) is 124 cm³/mol. The summed E-state index contributed by atoms with van der Waals surface area (Å²) in [4.78, 5) is 27.1. The summed E-state index contributed by atoms with van der Waals surface area (Å²) in [5, 5.41) is 6.02. The molecule has 3 heterocycles. The highest BCUT2D eigenvalue weighted by molar-refractivity contribution is 5.79. The van der Waals surface area contributed by atoms with E-state index < -0.39 is 17.4 Å². The maximum Gasteiger partial charge on any atom is 0.224 e. The van der Waals surface area contributed by atoms with Crippen LogP contribution in [-0.2, 0) is 36.6 Å². The van der Waals surface area contributed by atoms with Crippen LogP contribution in [0.5, 0.6) is 0 Å². The van der Waals surface area contributed by atoms with Crippen molar-refractivity contribution in [3.05, 3.63) is 71.8 Å². The quantitative estimate of drug-likeness (QED) is 0.616. The molecular weight excluding hydrogens is 434 g/mol. The van der Waals surface area contributed by atoms with Crippen molar-refractivity contribution in [3.63, 3.8) is 0 Å². The Labute approximate surface area is 199 Å². The average Bonchev–Trinajstić information content (AvgIpc) is 3.46. The second-order valence-electron chi connectivity index (χ2n) is 9.68. The number of hydrogen-bond acceptors (Lipinski definition) is 6. The molecule has 2 aromatic rings. The molecule has 0 unspecified atom stereocenters. The number of rotatable bonds is 8. The van der Waals surface area contributed by atoms with E-state index in [0.717, 1.165) is 11.1 Å². The normalized spacial score (nSPS) is 31.9. The minimum atomic E-state index is -0.731. The largest absolute Gasteiger partial charge is 0.356 e. The lowest BCUT2D eigenvalue weighted by Crippen LogP contribution is -2.51. The van der Waals surface area contributed by atoms with Crippen molar-refractivity contribution in [3.8, 4) is 0 Å². The molecule has 0 spiro atoms. The lowest BCUT2D eigenvalue weighted by atomic mass is 10.0. The summed E-state index contributed by atoms with van der Waals surface area (Å²) in [7, 11) is 0. The highest BCUT2D eigenvalue weighted by Crippen LogP contribution is 2.48. The van der Waals surface area contributed by atoms with E-state index in [1.807, 2.05) is 74.5 Å². The minimum Gasteiger partial charge on any atom is -0.356 e. The molecule has 2 amide bonds. The Kier molecular flexibility index (Phi) is 6.16. The van der Waals surface area contributed by atoms with E-state index in [-0.39, 0.29) is 24.3 Å². The Morgan fingerprint density at radius 1 is 0.824 bits per heavy atom. The third-order valence-corrected chi connectivity index (χ3v) is 6.79. The molecule has 0 saturated carbocycles. The van der Waals surface area contributed by atoms with Crippen molar-refractivity contribution >= 4 is 11.8 Å². The van der Waals surface area contributed by atoms with Crippen LogP contribution in [0.15, 0.2) is 60.7 Å². The number of carbonyl (C=O) groups excluding carboxylic acids is 2. The van der Waals surface area contributed by atoms with Gasteiger partial charge in [-0.25, -0.2) is 4.90 Å². The maximum absolute atomic E-state index is 12.5. The van der Waals surface area contributed by atoms with Crippen molar-refractivity contribution < 1.29 is 23.8 Å². The maximum atomic E-state index is 12.5. The Morgan fingerprint density at radius 3 is 1.85 bits per heavy atom. The molecule has 2 aromatic carbocycles. The number of amides is 2. The van der Waals surface area contributed by atoms with Gasteiger partial charge >= 0.3 is 0 Å². The molecule has 3 fully saturated rings. The van der Waals surface area contributed by atoms with Gasteiger partial charge < -0.3 is 24.8 Å². The van der Waals surface area contributed by atoms with Crippen LogP contribution in [0.4, 0.5) is 0 Å². The van der Waals surface area contributed by atoms with Crippen LogP contribution in [0.3, 0.4) is 0 Å². The average molecular weight is 466 g/mol. The molecule has 8 nitrogen and oxygen atoms in total. The van der Waals surface area contributed by atoms with Crippen LogP contribution in [0, 0.1) is 0 Å². The van der Waals surface area contributed by atoms with Crippen molar-refractivity contribution in [2.24, 2.45) is 0 Å². The van der Waals surface area contributed by atoms with Crippen molar-refractivity contribution in [1.29, 1.82) is 0 Å². The fourth-order valence-electron chi connectivity index (χ4n) is 5.03. The zero-order valence-corrected chi connectivity index (χ0v) is 19.5. The van der Waals surface area contributed by atoms with Gasteiger partial charge in [-0.15, -0.1) is 0 Å². The van der Waals surface area contributed by atoms with E-state index in [9.17, 15) is 9.59 Å². The summed E-state index contributed by atoms with van der Waals surface area (Å²) >= 11 is 0. The molecule has 3 saturated heterocycles. The predicted octanol–water partition coefficient (Wildman–Crippen LogP) is 1.59. The lowest BCUT2D eigenvalue weighted by Gasteiger charge is -2.32. The first-order chi connectivity index (χ1) is 16.4. The molecule has 5 atom stereocenters. The van der Waals surface area contributed by atoms with Crippen LogP contribution in [0.2, 0.25) is 0 Å². The van der Waals surface area contributed by atoms with E-state index in [1.54, 1.807) is 0 Å². The summed E-state index contributed by atoms with van der Waals surface area (Å²) in [6, 6.07) is 19.3. The van der Waals surface area contributed by atoms with Crippen LogP contribution in [0.25, 0.3) is 0 Å². The molecule has 3 aliphatic heterocycles. The lowest BCUT2D eigenvalue weighted by molar-refractivity contribution is -0.138. The first-order valence-corrected chi connectivity index (χ1v) is 11.7. The third-order valence-electron chi connectivity index (χ3n) is 6.79. The van der Waals surface area contributed by atoms with Crippen LogP contribution < -0.4 is 10.6 Å². The van der Waals surface area contributed by atoms with E-state index in [0.29, 0.717) is 32.5 Å². The van der Waals surface area contributed by atoms with Gasteiger partial charge in [-0.2, -0.15) is 0 Å². The van der Waals surface area contributed by atoms with Crippen molar-refractivity contribution in [1.82, 2.24) is 15.5 Å². The van der Waals surface area contributed by atoms with Crippen LogP contribution in [0.1, 0.15) is 25.0 Å². The molecule has 8 heteroatoms.